The van der Waals surface area contributed by atoms with E-state index in [1.807, 2.05) is 6.92 Å². The molecule has 3 nitrogen and oxygen atoms in total. The Bertz CT molecular complexity index is 20.8. The number of rotatable bonds is 3. The zero-order valence-corrected chi connectivity index (χ0v) is 3.90. The highest BCUT2D eigenvalue weighted by molar-refractivity contribution is 4.09. The average molecular weight is 90.1 g/mol. The van der Waals surface area contributed by atoms with E-state index in [4.69, 9.17) is 5.73 Å². The molecule has 0 aromatic carbocycles. The lowest BCUT2D eigenvalue weighted by Crippen LogP contribution is -2.22. The van der Waals surface area contributed by atoms with Gasteiger partial charge in [-0.2, -0.15) is 5.48 Å². The van der Waals surface area contributed by atoms with Crippen LogP contribution in [0.1, 0.15) is 6.92 Å². The van der Waals surface area contributed by atoms with Crippen molar-refractivity contribution in [3.63, 3.8) is 0 Å². The molecule has 0 saturated carbocycles. The second-order valence-electron chi connectivity index (χ2n) is 0.781. The maximum Gasteiger partial charge on any atom is 0.0675 e. The lowest BCUT2D eigenvalue weighted by Gasteiger charge is -1.94. The van der Waals surface area contributed by atoms with E-state index in [-0.39, 0.29) is 0 Å². The van der Waals surface area contributed by atoms with Crippen LogP contribution >= 0.6 is 0 Å². The number of nitrogens with one attached hydrogen (secondary N) is 1. The first-order valence-corrected chi connectivity index (χ1v) is 1.96. The molecule has 0 radical (unpaired) electrons. The number of hydroxylamine groups is 1. The van der Waals surface area contributed by atoms with E-state index in [1.54, 1.807) is 0 Å². The fourth-order valence-electron chi connectivity index (χ4n) is 0.161. The molecule has 0 heterocycles. The Labute approximate surface area is 37.4 Å². The maximum absolute atomic E-state index is 4.98. The van der Waals surface area contributed by atoms with Crippen molar-refractivity contribution < 1.29 is 4.84 Å². The fourth-order valence-corrected chi connectivity index (χ4v) is 0.161. The Morgan fingerprint density at radius 3 is 2.67 bits per heavy atom. The molecule has 0 unspecified atom stereocenters. The van der Waals surface area contributed by atoms with Gasteiger partial charge in [-0.05, 0) is 6.92 Å². The summed E-state index contributed by atoms with van der Waals surface area (Å²) in [5.74, 6) is 0. The van der Waals surface area contributed by atoms with E-state index in [1.165, 1.54) is 0 Å². The van der Waals surface area contributed by atoms with E-state index in [0.29, 0.717) is 13.3 Å². The van der Waals surface area contributed by atoms with Crippen LogP contribution in [0, 0.1) is 0 Å². The minimum Gasteiger partial charge on any atom is -0.317 e. The van der Waals surface area contributed by atoms with Crippen LogP contribution in [0.25, 0.3) is 0 Å². The van der Waals surface area contributed by atoms with Crippen LogP contribution < -0.4 is 11.2 Å². The van der Waals surface area contributed by atoms with Crippen molar-refractivity contribution in [3.05, 3.63) is 0 Å². The van der Waals surface area contributed by atoms with Crippen molar-refractivity contribution in [2.24, 2.45) is 5.73 Å². The van der Waals surface area contributed by atoms with Crippen LogP contribution in [0.4, 0.5) is 0 Å². The lowest BCUT2D eigenvalue weighted by molar-refractivity contribution is 0.0528. The van der Waals surface area contributed by atoms with Gasteiger partial charge in [0, 0.05) is 0 Å². The van der Waals surface area contributed by atoms with E-state index < -0.39 is 0 Å². The molecule has 0 aliphatic rings. The van der Waals surface area contributed by atoms with Crippen LogP contribution in [-0.2, 0) is 4.84 Å². The first-order chi connectivity index (χ1) is 2.91. The van der Waals surface area contributed by atoms with Gasteiger partial charge in [0.05, 0.1) is 13.3 Å². The van der Waals surface area contributed by atoms with E-state index in [2.05, 4.69) is 10.3 Å². The smallest absolute Gasteiger partial charge is 0.0675 e. The quantitative estimate of drug-likeness (QED) is 0.277. The fraction of sp³-hybridized carbons (Fsp3) is 1.00. The summed E-state index contributed by atoms with van der Waals surface area (Å²) >= 11 is 0. The van der Waals surface area contributed by atoms with E-state index in [0.717, 1.165) is 0 Å². The van der Waals surface area contributed by atoms with Gasteiger partial charge >= 0.3 is 0 Å². The molecule has 3 N–H and O–H groups in total. The molecule has 0 aliphatic carbocycles. The molecule has 0 aromatic rings. The summed E-state index contributed by atoms with van der Waals surface area (Å²) < 4.78 is 0. The molecule has 0 saturated heterocycles. The van der Waals surface area contributed by atoms with Crippen molar-refractivity contribution in [2.45, 2.75) is 6.92 Å². The molecular formula is C3H10N2O. The monoisotopic (exact) mass is 90.1 g/mol. The third kappa shape index (κ3) is 3.88. The molecule has 0 spiro atoms. The van der Waals surface area contributed by atoms with Gasteiger partial charge < -0.3 is 10.6 Å². The van der Waals surface area contributed by atoms with Gasteiger partial charge in [0.2, 0.25) is 0 Å². The zero-order valence-electron chi connectivity index (χ0n) is 3.90. The lowest BCUT2D eigenvalue weighted by atomic mass is 10.9. The SMILES string of the molecule is CCONCN. The summed E-state index contributed by atoms with van der Waals surface area (Å²) in [6.45, 7) is 2.94. The molecule has 38 valence electrons. The summed E-state index contributed by atoms with van der Waals surface area (Å²) in [6, 6.07) is 0. The molecule has 0 bridgehead atoms. The van der Waals surface area contributed by atoms with Crippen molar-refractivity contribution in [3.8, 4) is 0 Å². The second kappa shape index (κ2) is 4.88. The minimum absolute atomic E-state index is 0.383. The topological polar surface area (TPSA) is 47.3 Å². The zero-order chi connectivity index (χ0) is 4.83. The average Bonchev–Trinajstić information content (AvgIpc) is 1.61. The predicted molar refractivity (Wildman–Crippen MR) is 23.8 cm³/mol. The highest BCUT2D eigenvalue weighted by Crippen LogP contribution is 1.55. The first-order valence-electron chi connectivity index (χ1n) is 1.96. The maximum atomic E-state index is 4.98. The van der Waals surface area contributed by atoms with Crippen LogP contribution in [0.2, 0.25) is 0 Å². The van der Waals surface area contributed by atoms with Gasteiger partial charge in [0.25, 0.3) is 0 Å². The van der Waals surface area contributed by atoms with Crippen LogP contribution in [0.3, 0.4) is 0 Å². The number of nitrogens with two attached hydrogens (primary N) is 1. The van der Waals surface area contributed by atoms with Crippen LogP contribution in [0.15, 0.2) is 0 Å². The molecule has 0 rings (SSSR count). The summed E-state index contributed by atoms with van der Waals surface area (Å²) in [4.78, 5) is 4.61. The Kier molecular flexibility index (Phi) is 4.78. The van der Waals surface area contributed by atoms with Gasteiger partial charge in [-0.15, -0.1) is 0 Å². The highest BCUT2D eigenvalue weighted by atomic mass is 16.6. The van der Waals surface area contributed by atoms with Gasteiger partial charge in [-0.1, -0.05) is 0 Å². The molecule has 0 aliphatic heterocycles. The predicted octanol–water partition coefficient (Wildman–Crippen LogP) is -0.556. The van der Waals surface area contributed by atoms with Gasteiger partial charge in [-0.25, -0.2) is 0 Å². The Hall–Kier alpha value is -0.120. The molecule has 0 atom stereocenters. The Morgan fingerprint density at radius 2 is 2.50 bits per heavy atom. The first kappa shape index (κ1) is 5.88. The highest BCUT2D eigenvalue weighted by Gasteiger charge is 1.69. The summed E-state index contributed by atoms with van der Waals surface area (Å²) in [6.07, 6.45) is 0. The third-order valence-corrected chi connectivity index (χ3v) is 0.330. The van der Waals surface area contributed by atoms with Gasteiger partial charge in [0.1, 0.15) is 0 Å². The molecule has 6 heavy (non-hydrogen) atoms. The van der Waals surface area contributed by atoms with E-state index >= 15 is 0 Å². The number of hydrogen-bond donors (Lipinski definition) is 2. The van der Waals surface area contributed by atoms with E-state index in [9.17, 15) is 0 Å². The number of hydrogen-bond acceptors (Lipinski definition) is 3. The van der Waals surface area contributed by atoms with Crippen molar-refractivity contribution >= 4 is 0 Å². The molecule has 0 amide bonds. The molecular weight excluding hydrogens is 80.0 g/mol. The van der Waals surface area contributed by atoms with Gasteiger partial charge in [0.15, 0.2) is 0 Å². The normalized spacial score (nSPS) is 9.00. The third-order valence-electron chi connectivity index (χ3n) is 0.330. The Balaban J connectivity index is 2.34. The van der Waals surface area contributed by atoms with Crippen molar-refractivity contribution in [1.29, 1.82) is 0 Å². The second-order valence-corrected chi connectivity index (χ2v) is 0.781. The summed E-state index contributed by atoms with van der Waals surface area (Å²) in [5.41, 5.74) is 7.45. The molecule has 3 heteroatoms. The minimum atomic E-state index is 0.383. The molecule has 0 fully saturated rings. The van der Waals surface area contributed by atoms with Crippen molar-refractivity contribution in [2.75, 3.05) is 13.3 Å². The Morgan fingerprint density at radius 1 is 1.83 bits per heavy atom. The van der Waals surface area contributed by atoms with Crippen molar-refractivity contribution in [1.82, 2.24) is 5.48 Å². The summed E-state index contributed by atoms with van der Waals surface area (Å²) in [7, 11) is 0. The van der Waals surface area contributed by atoms with Crippen LogP contribution in [-0.4, -0.2) is 13.3 Å². The standard InChI is InChI=1S/C3H10N2O/c1-2-6-5-3-4/h5H,2-4H2,1H3. The van der Waals surface area contributed by atoms with Crippen LogP contribution in [0.5, 0.6) is 0 Å². The summed E-state index contributed by atoms with van der Waals surface area (Å²) in [5, 5.41) is 0. The largest absolute Gasteiger partial charge is 0.317 e. The molecule has 0 aromatic heterocycles. The van der Waals surface area contributed by atoms with Gasteiger partial charge in [-0.3, -0.25) is 0 Å².